The molecule has 3 nitrogen and oxygen atoms in total. The fourth-order valence-corrected chi connectivity index (χ4v) is 1.56. The monoisotopic (exact) mass is 225 g/mol. The van der Waals surface area contributed by atoms with Crippen LogP contribution in [0, 0.1) is 0 Å². The summed E-state index contributed by atoms with van der Waals surface area (Å²) in [5.41, 5.74) is 0. The van der Waals surface area contributed by atoms with Crippen LogP contribution in [0.4, 0.5) is 0 Å². The van der Waals surface area contributed by atoms with Crippen LogP contribution < -0.4 is 0 Å². The molecule has 0 aromatic carbocycles. The van der Waals surface area contributed by atoms with Crippen molar-refractivity contribution in [2.24, 2.45) is 0 Å². The van der Waals surface area contributed by atoms with Crippen LogP contribution in [-0.2, 0) is 9.59 Å². The lowest BCUT2D eigenvalue weighted by Crippen LogP contribution is -2.31. The molecule has 0 aliphatic heterocycles. The van der Waals surface area contributed by atoms with Crippen molar-refractivity contribution in [2.75, 3.05) is 13.1 Å². The number of carbonyl (C=O) groups is 2. The minimum atomic E-state index is -0.0505. The van der Waals surface area contributed by atoms with Gasteiger partial charge in [0.15, 0.2) is 0 Å². The number of carbonyl (C=O) groups excluding carboxylic acids is 2. The molecule has 0 saturated heterocycles. The fraction of sp³-hybridized carbons (Fsp3) is 0.692. The normalized spacial score (nSPS) is 10.6. The second kappa shape index (κ2) is 10.4. The maximum Gasteiger partial charge on any atom is 0.246 e. The molecule has 0 bridgehead atoms. The molecule has 3 heteroatoms. The predicted octanol–water partition coefficient (Wildman–Crippen LogP) is 2.56. The van der Waals surface area contributed by atoms with E-state index in [2.05, 4.69) is 13.8 Å². The number of allylic oxidation sites excluding steroid dienone is 1. The number of aldehydes is 1. The topological polar surface area (TPSA) is 37.4 Å². The van der Waals surface area contributed by atoms with Gasteiger partial charge in [0.2, 0.25) is 5.91 Å². The van der Waals surface area contributed by atoms with E-state index in [9.17, 15) is 9.59 Å². The van der Waals surface area contributed by atoms with Crippen LogP contribution in [0.3, 0.4) is 0 Å². The van der Waals surface area contributed by atoms with Crippen LogP contribution in [0.15, 0.2) is 12.2 Å². The maximum atomic E-state index is 11.6. The van der Waals surface area contributed by atoms with E-state index in [1.807, 2.05) is 4.90 Å². The lowest BCUT2D eigenvalue weighted by molar-refractivity contribution is -0.126. The van der Waals surface area contributed by atoms with Crippen molar-refractivity contribution in [2.45, 2.75) is 46.0 Å². The Morgan fingerprint density at radius 1 is 1.06 bits per heavy atom. The van der Waals surface area contributed by atoms with Crippen molar-refractivity contribution in [3.8, 4) is 0 Å². The SMILES string of the molecule is CCCCCCN(CCC)C(=O)/C=C\C=O. The zero-order valence-corrected chi connectivity index (χ0v) is 10.4. The van der Waals surface area contributed by atoms with Gasteiger partial charge in [0.05, 0.1) is 0 Å². The number of hydrogen-bond acceptors (Lipinski definition) is 2. The van der Waals surface area contributed by atoms with E-state index in [1.165, 1.54) is 31.4 Å². The molecule has 0 atom stereocenters. The number of rotatable bonds is 9. The minimum Gasteiger partial charge on any atom is -0.339 e. The summed E-state index contributed by atoms with van der Waals surface area (Å²) in [5.74, 6) is -0.0505. The molecule has 0 aliphatic rings. The van der Waals surface area contributed by atoms with Gasteiger partial charge >= 0.3 is 0 Å². The average Bonchev–Trinajstić information content (AvgIpc) is 2.30. The van der Waals surface area contributed by atoms with Crippen LogP contribution in [0.5, 0.6) is 0 Å². The molecule has 0 aliphatic carbocycles. The summed E-state index contributed by atoms with van der Waals surface area (Å²) in [6, 6.07) is 0. The Kier molecular flexibility index (Phi) is 9.67. The van der Waals surface area contributed by atoms with Gasteiger partial charge in [-0.15, -0.1) is 0 Å². The summed E-state index contributed by atoms with van der Waals surface area (Å²) in [6.07, 6.45) is 8.84. The second-order valence-electron chi connectivity index (χ2n) is 3.88. The molecule has 0 saturated carbocycles. The van der Waals surface area contributed by atoms with Crippen molar-refractivity contribution in [1.29, 1.82) is 0 Å². The van der Waals surface area contributed by atoms with Gasteiger partial charge in [-0.1, -0.05) is 33.1 Å². The molecule has 0 radical (unpaired) electrons. The molecular formula is C13H23NO2. The first-order valence-electron chi connectivity index (χ1n) is 6.17. The van der Waals surface area contributed by atoms with Gasteiger partial charge in [0, 0.05) is 19.2 Å². The molecular weight excluding hydrogens is 202 g/mol. The lowest BCUT2D eigenvalue weighted by atomic mass is 10.2. The summed E-state index contributed by atoms with van der Waals surface area (Å²) in [7, 11) is 0. The quantitative estimate of drug-likeness (QED) is 0.343. The molecule has 0 N–H and O–H groups in total. The van der Waals surface area contributed by atoms with Crippen molar-refractivity contribution in [3.63, 3.8) is 0 Å². The van der Waals surface area contributed by atoms with Crippen molar-refractivity contribution in [3.05, 3.63) is 12.2 Å². The zero-order chi connectivity index (χ0) is 12.2. The van der Waals surface area contributed by atoms with Crippen molar-refractivity contribution >= 4 is 12.2 Å². The van der Waals surface area contributed by atoms with Crippen molar-refractivity contribution < 1.29 is 9.59 Å². The van der Waals surface area contributed by atoms with E-state index >= 15 is 0 Å². The van der Waals surface area contributed by atoms with Crippen LogP contribution in [0.25, 0.3) is 0 Å². The van der Waals surface area contributed by atoms with Gasteiger partial charge in [-0.05, 0) is 18.9 Å². The zero-order valence-electron chi connectivity index (χ0n) is 10.4. The van der Waals surface area contributed by atoms with E-state index < -0.39 is 0 Å². The minimum absolute atomic E-state index is 0.0505. The third kappa shape index (κ3) is 7.21. The first-order chi connectivity index (χ1) is 7.76. The third-order valence-electron chi connectivity index (χ3n) is 2.40. The molecule has 16 heavy (non-hydrogen) atoms. The molecule has 0 heterocycles. The highest BCUT2D eigenvalue weighted by molar-refractivity contribution is 5.90. The van der Waals surface area contributed by atoms with Crippen LogP contribution in [0.1, 0.15) is 46.0 Å². The van der Waals surface area contributed by atoms with Crippen LogP contribution >= 0.6 is 0 Å². The van der Waals surface area contributed by atoms with Gasteiger partial charge in [-0.25, -0.2) is 0 Å². The first kappa shape index (κ1) is 14.9. The van der Waals surface area contributed by atoms with E-state index in [1.54, 1.807) is 0 Å². The highest BCUT2D eigenvalue weighted by Crippen LogP contribution is 2.03. The molecule has 0 unspecified atom stereocenters. The fourth-order valence-electron chi connectivity index (χ4n) is 1.56. The Labute approximate surface area is 98.5 Å². The summed E-state index contributed by atoms with van der Waals surface area (Å²) in [6.45, 7) is 5.79. The van der Waals surface area contributed by atoms with E-state index in [0.29, 0.717) is 6.29 Å². The highest BCUT2D eigenvalue weighted by atomic mass is 16.2. The summed E-state index contributed by atoms with van der Waals surface area (Å²) >= 11 is 0. The van der Waals surface area contributed by atoms with Gasteiger partial charge in [-0.3, -0.25) is 9.59 Å². The first-order valence-corrected chi connectivity index (χ1v) is 6.17. The Hall–Kier alpha value is -1.12. The van der Waals surface area contributed by atoms with Gasteiger partial charge in [0.25, 0.3) is 0 Å². The molecule has 0 fully saturated rings. The summed E-state index contributed by atoms with van der Waals surface area (Å²) in [4.78, 5) is 23.6. The Morgan fingerprint density at radius 2 is 1.81 bits per heavy atom. The smallest absolute Gasteiger partial charge is 0.246 e. The Bertz CT molecular complexity index is 224. The van der Waals surface area contributed by atoms with Gasteiger partial charge in [-0.2, -0.15) is 0 Å². The number of nitrogens with zero attached hydrogens (tertiary/aromatic N) is 1. The third-order valence-corrected chi connectivity index (χ3v) is 2.40. The van der Waals surface area contributed by atoms with E-state index in [0.717, 1.165) is 25.9 Å². The average molecular weight is 225 g/mol. The van der Waals surface area contributed by atoms with E-state index in [4.69, 9.17) is 0 Å². The molecule has 92 valence electrons. The molecule has 0 spiro atoms. The number of amides is 1. The molecule has 0 aromatic rings. The van der Waals surface area contributed by atoms with Crippen LogP contribution in [0.2, 0.25) is 0 Å². The highest BCUT2D eigenvalue weighted by Gasteiger charge is 2.08. The molecule has 0 rings (SSSR count). The largest absolute Gasteiger partial charge is 0.339 e. The summed E-state index contributed by atoms with van der Waals surface area (Å²) < 4.78 is 0. The van der Waals surface area contributed by atoms with Gasteiger partial charge in [0.1, 0.15) is 6.29 Å². The Balaban J connectivity index is 3.99. The lowest BCUT2D eigenvalue weighted by Gasteiger charge is -2.20. The van der Waals surface area contributed by atoms with Crippen LogP contribution in [-0.4, -0.2) is 30.2 Å². The molecule has 0 aromatic heterocycles. The van der Waals surface area contributed by atoms with Crippen molar-refractivity contribution in [1.82, 2.24) is 4.90 Å². The second-order valence-corrected chi connectivity index (χ2v) is 3.88. The standard InChI is InChI=1S/C13H23NO2/c1-3-5-6-7-11-14(10-4-2)13(16)9-8-12-15/h8-9,12H,3-7,10-11H2,1-2H3/b9-8-. The van der Waals surface area contributed by atoms with E-state index in [-0.39, 0.29) is 5.91 Å². The van der Waals surface area contributed by atoms with Gasteiger partial charge < -0.3 is 4.90 Å². The maximum absolute atomic E-state index is 11.6. The predicted molar refractivity (Wildman–Crippen MR) is 66.2 cm³/mol. The Morgan fingerprint density at radius 3 is 2.38 bits per heavy atom. The molecule has 1 amide bonds. The summed E-state index contributed by atoms with van der Waals surface area (Å²) in [5, 5.41) is 0. The number of unbranched alkanes of at least 4 members (excludes halogenated alkanes) is 3. The number of hydrogen-bond donors (Lipinski definition) is 0.